The molecule has 3 nitrogen and oxygen atoms in total. The first-order valence-electron chi connectivity index (χ1n) is 7.80. The summed E-state index contributed by atoms with van der Waals surface area (Å²) < 4.78 is 5.42. The Hall–Kier alpha value is -2.07. The minimum Gasteiger partial charge on any atom is -0.494 e. The van der Waals surface area contributed by atoms with Crippen molar-refractivity contribution in [1.82, 2.24) is 0 Å². The van der Waals surface area contributed by atoms with Crippen molar-refractivity contribution in [3.8, 4) is 5.75 Å². The van der Waals surface area contributed by atoms with Crippen LogP contribution in [0.15, 0.2) is 48.5 Å². The third-order valence-corrected chi connectivity index (χ3v) is 3.64. The molecule has 23 heavy (non-hydrogen) atoms. The first-order chi connectivity index (χ1) is 10.9. The maximum Gasteiger partial charge on any atom is 0.175 e. The van der Waals surface area contributed by atoms with Gasteiger partial charge in [-0.1, -0.05) is 32.9 Å². The van der Waals surface area contributed by atoms with E-state index >= 15 is 0 Å². The summed E-state index contributed by atoms with van der Waals surface area (Å²) in [4.78, 5) is 0. The number of anilines is 2. The van der Waals surface area contributed by atoms with Gasteiger partial charge < -0.3 is 15.4 Å². The Kier molecular flexibility index (Phi) is 5.61. The molecular formula is C19H24N2OS. The minimum absolute atomic E-state index is 0.152. The summed E-state index contributed by atoms with van der Waals surface area (Å²) in [5.41, 5.74) is 3.35. The molecular weight excluding hydrogens is 304 g/mol. The van der Waals surface area contributed by atoms with E-state index in [-0.39, 0.29) is 5.41 Å². The standard InChI is InChI=1S/C19H24N2OS/c1-5-22-17-12-10-16(11-13-17)21-18(23)20-15-8-6-14(7-9-15)19(2,3)4/h6-13H,5H2,1-4H3,(H2,20,21,23). The number of thiocarbonyl (C=S) groups is 1. The fourth-order valence-electron chi connectivity index (χ4n) is 2.15. The van der Waals surface area contributed by atoms with Crippen LogP contribution in [0.25, 0.3) is 0 Å². The Morgan fingerprint density at radius 1 is 0.913 bits per heavy atom. The molecule has 0 bridgehead atoms. The Balaban J connectivity index is 1.94. The van der Waals surface area contributed by atoms with Crippen molar-refractivity contribution in [1.29, 1.82) is 0 Å². The molecule has 0 aromatic heterocycles. The van der Waals surface area contributed by atoms with Gasteiger partial charge in [-0.25, -0.2) is 0 Å². The van der Waals surface area contributed by atoms with Crippen molar-refractivity contribution >= 4 is 28.7 Å². The van der Waals surface area contributed by atoms with Crippen LogP contribution in [0.2, 0.25) is 0 Å². The van der Waals surface area contributed by atoms with E-state index in [0.29, 0.717) is 11.7 Å². The molecule has 0 atom stereocenters. The van der Waals surface area contributed by atoms with Crippen LogP contribution in [0, 0.1) is 0 Å². The highest BCUT2D eigenvalue weighted by Crippen LogP contribution is 2.23. The third-order valence-electron chi connectivity index (χ3n) is 3.43. The van der Waals surface area contributed by atoms with E-state index in [4.69, 9.17) is 17.0 Å². The van der Waals surface area contributed by atoms with E-state index in [1.54, 1.807) is 0 Å². The first-order valence-corrected chi connectivity index (χ1v) is 8.21. The average molecular weight is 328 g/mol. The predicted molar refractivity (Wildman–Crippen MR) is 103 cm³/mol. The van der Waals surface area contributed by atoms with Crippen LogP contribution in [-0.2, 0) is 5.41 Å². The van der Waals surface area contributed by atoms with Crippen LogP contribution >= 0.6 is 12.2 Å². The maximum absolute atomic E-state index is 5.42. The van der Waals surface area contributed by atoms with Crippen molar-refractivity contribution in [3.05, 3.63) is 54.1 Å². The molecule has 0 saturated carbocycles. The second-order valence-corrected chi connectivity index (χ2v) is 6.77. The molecule has 0 aliphatic rings. The highest BCUT2D eigenvalue weighted by atomic mass is 32.1. The van der Waals surface area contributed by atoms with Crippen molar-refractivity contribution in [2.75, 3.05) is 17.2 Å². The van der Waals surface area contributed by atoms with Gasteiger partial charge in [-0.3, -0.25) is 0 Å². The molecule has 0 aliphatic carbocycles. The predicted octanol–water partition coefficient (Wildman–Crippen LogP) is 5.19. The molecule has 0 heterocycles. The lowest BCUT2D eigenvalue weighted by atomic mass is 9.87. The maximum atomic E-state index is 5.42. The molecule has 0 amide bonds. The monoisotopic (exact) mass is 328 g/mol. The third kappa shape index (κ3) is 5.25. The summed E-state index contributed by atoms with van der Waals surface area (Å²) in [6, 6.07) is 16.1. The van der Waals surface area contributed by atoms with Crippen LogP contribution in [0.1, 0.15) is 33.3 Å². The number of rotatable bonds is 4. The quantitative estimate of drug-likeness (QED) is 0.757. The molecule has 0 aliphatic heterocycles. The van der Waals surface area contributed by atoms with Crippen molar-refractivity contribution in [2.45, 2.75) is 33.1 Å². The van der Waals surface area contributed by atoms with E-state index in [1.807, 2.05) is 43.3 Å². The smallest absolute Gasteiger partial charge is 0.175 e. The lowest BCUT2D eigenvalue weighted by Crippen LogP contribution is -2.19. The summed E-state index contributed by atoms with van der Waals surface area (Å²) >= 11 is 5.35. The van der Waals surface area contributed by atoms with Gasteiger partial charge in [0.2, 0.25) is 0 Å². The van der Waals surface area contributed by atoms with E-state index in [2.05, 4.69) is 43.5 Å². The molecule has 0 radical (unpaired) electrons. The van der Waals surface area contributed by atoms with Crippen LogP contribution < -0.4 is 15.4 Å². The van der Waals surface area contributed by atoms with Crippen LogP contribution in [-0.4, -0.2) is 11.7 Å². The zero-order valence-corrected chi connectivity index (χ0v) is 15.0. The summed E-state index contributed by atoms with van der Waals surface area (Å²) in [5.74, 6) is 0.856. The summed E-state index contributed by atoms with van der Waals surface area (Å²) in [7, 11) is 0. The topological polar surface area (TPSA) is 33.3 Å². The fraction of sp³-hybridized carbons (Fsp3) is 0.316. The van der Waals surface area contributed by atoms with Gasteiger partial charge >= 0.3 is 0 Å². The Morgan fingerprint density at radius 3 is 1.83 bits per heavy atom. The van der Waals surface area contributed by atoms with Crippen molar-refractivity contribution in [2.24, 2.45) is 0 Å². The van der Waals surface area contributed by atoms with E-state index < -0.39 is 0 Å². The van der Waals surface area contributed by atoms with Gasteiger partial charge in [-0.2, -0.15) is 0 Å². The molecule has 122 valence electrons. The summed E-state index contributed by atoms with van der Waals surface area (Å²) in [5, 5.41) is 6.93. The van der Waals surface area contributed by atoms with Crippen LogP contribution in [0.5, 0.6) is 5.75 Å². The average Bonchev–Trinajstić information content (AvgIpc) is 2.49. The number of benzene rings is 2. The minimum atomic E-state index is 0.152. The van der Waals surface area contributed by atoms with Gasteiger partial charge in [0, 0.05) is 11.4 Å². The molecule has 0 fully saturated rings. The largest absolute Gasteiger partial charge is 0.494 e. The summed E-state index contributed by atoms with van der Waals surface area (Å²) in [6.45, 7) is 9.24. The van der Waals surface area contributed by atoms with Crippen molar-refractivity contribution in [3.63, 3.8) is 0 Å². The second kappa shape index (κ2) is 7.47. The van der Waals surface area contributed by atoms with Gasteiger partial charge in [0.15, 0.2) is 5.11 Å². The molecule has 4 heteroatoms. The second-order valence-electron chi connectivity index (χ2n) is 6.36. The Bertz CT molecular complexity index is 643. The number of nitrogens with one attached hydrogen (secondary N) is 2. The molecule has 2 aromatic rings. The van der Waals surface area contributed by atoms with E-state index in [9.17, 15) is 0 Å². The normalized spacial score (nSPS) is 11.0. The Labute approximate surface area is 144 Å². The van der Waals surface area contributed by atoms with Crippen LogP contribution in [0.4, 0.5) is 11.4 Å². The highest BCUT2D eigenvalue weighted by molar-refractivity contribution is 7.80. The molecule has 2 N–H and O–H groups in total. The lowest BCUT2D eigenvalue weighted by Gasteiger charge is -2.19. The number of ether oxygens (including phenoxy) is 1. The molecule has 2 rings (SSSR count). The fourth-order valence-corrected chi connectivity index (χ4v) is 2.38. The zero-order chi connectivity index (χ0) is 16.9. The zero-order valence-electron chi connectivity index (χ0n) is 14.1. The molecule has 0 spiro atoms. The van der Waals surface area contributed by atoms with Crippen molar-refractivity contribution < 1.29 is 4.74 Å². The van der Waals surface area contributed by atoms with Gasteiger partial charge in [0.25, 0.3) is 0 Å². The van der Waals surface area contributed by atoms with Gasteiger partial charge in [-0.15, -0.1) is 0 Å². The van der Waals surface area contributed by atoms with Gasteiger partial charge in [-0.05, 0) is 66.5 Å². The first kappa shape index (κ1) is 17.3. The van der Waals surface area contributed by atoms with Gasteiger partial charge in [0.05, 0.1) is 6.61 Å². The summed E-state index contributed by atoms with van der Waals surface area (Å²) in [6.07, 6.45) is 0. The number of hydrogen-bond donors (Lipinski definition) is 2. The van der Waals surface area contributed by atoms with E-state index in [1.165, 1.54) is 5.56 Å². The molecule has 2 aromatic carbocycles. The van der Waals surface area contributed by atoms with E-state index in [0.717, 1.165) is 17.1 Å². The SMILES string of the molecule is CCOc1ccc(NC(=S)Nc2ccc(C(C)(C)C)cc2)cc1. The number of hydrogen-bond acceptors (Lipinski definition) is 2. The lowest BCUT2D eigenvalue weighted by molar-refractivity contribution is 0.340. The molecule has 0 unspecified atom stereocenters. The highest BCUT2D eigenvalue weighted by Gasteiger charge is 2.12. The molecule has 0 saturated heterocycles. The van der Waals surface area contributed by atoms with Gasteiger partial charge in [0.1, 0.15) is 5.75 Å². The Morgan fingerprint density at radius 2 is 1.39 bits per heavy atom. The van der Waals surface area contributed by atoms with Crippen LogP contribution in [0.3, 0.4) is 0 Å².